The van der Waals surface area contributed by atoms with E-state index >= 15 is 0 Å². The van der Waals surface area contributed by atoms with E-state index in [2.05, 4.69) is 28.3 Å². The summed E-state index contributed by atoms with van der Waals surface area (Å²) in [7, 11) is 2.07. The molecule has 96 valence electrons. The molecular formula is C15H15N3O. The third kappa shape index (κ3) is 2.35. The first kappa shape index (κ1) is 11.9. The predicted octanol–water partition coefficient (Wildman–Crippen LogP) is 2.28. The Morgan fingerprint density at radius 2 is 2.11 bits per heavy atom. The second-order valence-electron chi connectivity index (χ2n) is 4.78. The summed E-state index contributed by atoms with van der Waals surface area (Å²) in [6.45, 7) is 1.80. The van der Waals surface area contributed by atoms with Gasteiger partial charge in [0.15, 0.2) is 0 Å². The molecule has 0 aliphatic carbocycles. The summed E-state index contributed by atoms with van der Waals surface area (Å²) < 4.78 is 0. The number of nitrogens with zero attached hydrogens (tertiary/aromatic N) is 2. The molecule has 0 unspecified atom stereocenters. The second kappa shape index (κ2) is 4.82. The highest BCUT2D eigenvalue weighted by Crippen LogP contribution is 2.28. The Kier molecular flexibility index (Phi) is 3.01. The molecule has 4 nitrogen and oxygen atoms in total. The summed E-state index contributed by atoms with van der Waals surface area (Å²) in [5, 5.41) is 2.95. The van der Waals surface area contributed by atoms with Crippen molar-refractivity contribution >= 4 is 11.6 Å². The zero-order valence-corrected chi connectivity index (χ0v) is 10.8. The van der Waals surface area contributed by atoms with Gasteiger partial charge in [-0.3, -0.25) is 14.7 Å². The van der Waals surface area contributed by atoms with Crippen LogP contribution in [0.15, 0.2) is 42.6 Å². The molecule has 1 aromatic heterocycles. The maximum atomic E-state index is 12.1. The number of carbonyl (C=O) groups excluding carboxylic acids is 1. The van der Waals surface area contributed by atoms with Crippen LogP contribution >= 0.6 is 0 Å². The van der Waals surface area contributed by atoms with Gasteiger partial charge in [-0.2, -0.15) is 0 Å². The number of benzene rings is 1. The van der Waals surface area contributed by atoms with Gasteiger partial charge in [-0.25, -0.2) is 0 Å². The standard InChI is InChI=1S/C15H15N3O/c1-18-9-11-5-4-7-13(12(11)10-18)17-15(19)14-6-2-3-8-16-14/h2-8H,9-10H2,1H3,(H,17,19). The van der Waals surface area contributed by atoms with Crippen LogP contribution in [0.1, 0.15) is 21.6 Å². The van der Waals surface area contributed by atoms with Crippen LogP contribution < -0.4 is 5.32 Å². The van der Waals surface area contributed by atoms with Crippen LogP contribution in [-0.2, 0) is 13.1 Å². The first-order chi connectivity index (χ1) is 9.24. The Labute approximate surface area is 112 Å². The van der Waals surface area contributed by atoms with Crippen LogP contribution in [0, 0.1) is 0 Å². The van der Waals surface area contributed by atoms with E-state index in [0.717, 1.165) is 18.8 Å². The van der Waals surface area contributed by atoms with Crippen LogP contribution in [0.5, 0.6) is 0 Å². The lowest BCUT2D eigenvalue weighted by Gasteiger charge is -2.09. The molecule has 0 radical (unpaired) electrons. The van der Waals surface area contributed by atoms with Gasteiger partial charge in [-0.05, 0) is 36.4 Å². The fraction of sp³-hybridized carbons (Fsp3) is 0.200. The third-order valence-corrected chi connectivity index (χ3v) is 3.29. The molecule has 19 heavy (non-hydrogen) atoms. The maximum Gasteiger partial charge on any atom is 0.274 e. The van der Waals surface area contributed by atoms with E-state index in [1.54, 1.807) is 18.3 Å². The van der Waals surface area contributed by atoms with Crippen molar-refractivity contribution < 1.29 is 4.79 Å². The molecule has 1 N–H and O–H groups in total. The van der Waals surface area contributed by atoms with Crippen LogP contribution in [-0.4, -0.2) is 22.8 Å². The highest BCUT2D eigenvalue weighted by molar-refractivity contribution is 6.03. The topological polar surface area (TPSA) is 45.2 Å². The van der Waals surface area contributed by atoms with Crippen molar-refractivity contribution in [3.05, 3.63) is 59.4 Å². The lowest BCUT2D eigenvalue weighted by molar-refractivity contribution is 0.102. The van der Waals surface area contributed by atoms with Crippen LogP contribution in [0.25, 0.3) is 0 Å². The Hall–Kier alpha value is -2.20. The average Bonchev–Trinajstić information content (AvgIpc) is 2.81. The third-order valence-electron chi connectivity index (χ3n) is 3.29. The fourth-order valence-corrected chi connectivity index (χ4v) is 2.39. The fourth-order valence-electron chi connectivity index (χ4n) is 2.39. The van der Waals surface area contributed by atoms with E-state index in [1.807, 2.05) is 18.2 Å². The number of anilines is 1. The minimum Gasteiger partial charge on any atom is -0.320 e. The van der Waals surface area contributed by atoms with Gasteiger partial charge in [0.1, 0.15) is 5.69 Å². The number of aromatic nitrogens is 1. The Balaban J connectivity index is 1.86. The zero-order chi connectivity index (χ0) is 13.2. The molecule has 2 heterocycles. The number of rotatable bonds is 2. The van der Waals surface area contributed by atoms with E-state index in [0.29, 0.717) is 5.69 Å². The highest BCUT2D eigenvalue weighted by atomic mass is 16.1. The maximum absolute atomic E-state index is 12.1. The van der Waals surface area contributed by atoms with Crippen molar-refractivity contribution in [1.82, 2.24) is 9.88 Å². The van der Waals surface area contributed by atoms with Crippen molar-refractivity contribution in [2.24, 2.45) is 0 Å². The number of amides is 1. The molecule has 1 aliphatic rings. The van der Waals surface area contributed by atoms with E-state index in [-0.39, 0.29) is 5.91 Å². The molecule has 0 bridgehead atoms. The molecule has 3 rings (SSSR count). The Morgan fingerprint density at radius 3 is 2.89 bits per heavy atom. The van der Waals surface area contributed by atoms with Gasteiger partial charge in [-0.15, -0.1) is 0 Å². The van der Waals surface area contributed by atoms with Crippen molar-refractivity contribution in [2.45, 2.75) is 13.1 Å². The second-order valence-corrected chi connectivity index (χ2v) is 4.78. The van der Waals surface area contributed by atoms with Crippen LogP contribution in [0.4, 0.5) is 5.69 Å². The molecule has 1 amide bonds. The van der Waals surface area contributed by atoms with Gasteiger partial charge >= 0.3 is 0 Å². The number of pyridine rings is 1. The minimum absolute atomic E-state index is 0.163. The van der Waals surface area contributed by atoms with E-state index in [4.69, 9.17) is 0 Å². The SMILES string of the molecule is CN1Cc2cccc(NC(=O)c3ccccn3)c2C1. The predicted molar refractivity (Wildman–Crippen MR) is 73.8 cm³/mol. The van der Waals surface area contributed by atoms with Crippen molar-refractivity contribution in [3.63, 3.8) is 0 Å². The molecule has 0 fully saturated rings. The van der Waals surface area contributed by atoms with Gasteiger partial charge in [-0.1, -0.05) is 18.2 Å². The molecule has 0 spiro atoms. The van der Waals surface area contributed by atoms with Crippen molar-refractivity contribution in [2.75, 3.05) is 12.4 Å². The largest absolute Gasteiger partial charge is 0.320 e. The number of nitrogens with one attached hydrogen (secondary N) is 1. The molecule has 0 saturated carbocycles. The first-order valence-corrected chi connectivity index (χ1v) is 6.26. The molecule has 1 aromatic carbocycles. The molecular weight excluding hydrogens is 238 g/mol. The first-order valence-electron chi connectivity index (χ1n) is 6.26. The Bertz CT molecular complexity index is 610. The molecule has 2 aromatic rings. The van der Waals surface area contributed by atoms with Crippen molar-refractivity contribution in [1.29, 1.82) is 0 Å². The Morgan fingerprint density at radius 1 is 1.21 bits per heavy atom. The van der Waals surface area contributed by atoms with Gasteiger partial charge in [0, 0.05) is 25.0 Å². The monoisotopic (exact) mass is 253 g/mol. The van der Waals surface area contributed by atoms with E-state index in [9.17, 15) is 4.79 Å². The summed E-state index contributed by atoms with van der Waals surface area (Å²) in [6, 6.07) is 11.3. The van der Waals surface area contributed by atoms with E-state index in [1.165, 1.54) is 11.1 Å². The van der Waals surface area contributed by atoms with Crippen LogP contribution in [0.3, 0.4) is 0 Å². The number of fused-ring (bicyclic) bond motifs is 1. The van der Waals surface area contributed by atoms with Gasteiger partial charge in [0.05, 0.1) is 0 Å². The summed E-state index contributed by atoms with van der Waals surface area (Å²) in [4.78, 5) is 18.4. The zero-order valence-electron chi connectivity index (χ0n) is 10.8. The summed E-state index contributed by atoms with van der Waals surface area (Å²) in [6.07, 6.45) is 1.62. The number of hydrogen-bond donors (Lipinski definition) is 1. The van der Waals surface area contributed by atoms with Crippen LogP contribution in [0.2, 0.25) is 0 Å². The summed E-state index contributed by atoms with van der Waals surface area (Å²) in [5.74, 6) is -0.163. The highest BCUT2D eigenvalue weighted by Gasteiger charge is 2.19. The smallest absolute Gasteiger partial charge is 0.274 e. The summed E-state index contributed by atoms with van der Waals surface area (Å²) >= 11 is 0. The lowest BCUT2D eigenvalue weighted by Crippen LogP contribution is -2.15. The molecule has 0 atom stereocenters. The summed E-state index contributed by atoms with van der Waals surface area (Å²) in [5.41, 5.74) is 3.81. The molecule has 0 saturated heterocycles. The quantitative estimate of drug-likeness (QED) is 0.893. The van der Waals surface area contributed by atoms with Gasteiger partial charge in [0.2, 0.25) is 0 Å². The average molecular weight is 253 g/mol. The van der Waals surface area contributed by atoms with Gasteiger partial charge < -0.3 is 5.32 Å². The molecule has 1 aliphatic heterocycles. The lowest BCUT2D eigenvalue weighted by atomic mass is 10.1. The van der Waals surface area contributed by atoms with E-state index < -0.39 is 0 Å². The molecule has 4 heteroatoms. The van der Waals surface area contributed by atoms with Crippen molar-refractivity contribution in [3.8, 4) is 0 Å². The van der Waals surface area contributed by atoms with Gasteiger partial charge in [0.25, 0.3) is 5.91 Å². The minimum atomic E-state index is -0.163. The number of carbonyl (C=O) groups is 1. The normalized spacial score (nSPS) is 14.2. The number of hydrogen-bond acceptors (Lipinski definition) is 3.